The minimum atomic E-state index is -0.176. The third-order valence-electron chi connectivity index (χ3n) is 3.13. The summed E-state index contributed by atoms with van der Waals surface area (Å²) in [5.74, 6) is 0.548. The molecule has 1 amide bonds. The molecule has 2 aromatic rings. The summed E-state index contributed by atoms with van der Waals surface area (Å²) >= 11 is 3.31. The maximum Gasteiger partial charge on any atom is 0.251 e. The highest BCUT2D eigenvalue weighted by atomic mass is 79.9. The number of carbonyl (C=O) groups excluding carboxylic acids is 1. The molecule has 0 aliphatic carbocycles. The summed E-state index contributed by atoms with van der Waals surface area (Å²) in [6.07, 6.45) is 0. The van der Waals surface area contributed by atoms with E-state index in [0.29, 0.717) is 21.5 Å². The first-order valence-corrected chi connectivity index (χ1v) is 6.98. The molecular weight excluding hydrogens is 322 g/mol. The van der Waals surface area contributed by atoms with Gasteiger partial charge < -0.3 is 15.6 Å². The van der Waals surface area contributed by atoms with E-state index >= 15 is 0 Å². The van der Waals surface area contributed by atoms with Crippen LogP contribution < -0.4 is 11.1 Å². The normalized spacial score (nSPS) is 12.2. The van der Waals surface area contributed by atoms with Crippen molar-refractivity contribution < 1.29 is 9.32 Å². The van der Waals surface area contributed by atoms with Crippen LogP contribution >= 0.6 is 15.9 Å². The molecule has 2 rings (SSSR count). The molecule has 1 heterocycles. The van der Waals surface area contributed by atoms with E-state index in [1.807, 2.05) is 20.8 Å². The van der Waals surface area contributed by atoms with Gasteiger partial charge in [-0.15, -0.1) is 0 Å². The summed E-state index contributed by atoms with van der Waals surface area (Å²) in [6.45, 7) is 5.59. The molecule has 0 fully saturated rings. The third kappa shape index (κ3) is 2.85. The Labute approximate surface area is 125 Å². The smallest absolute Gasteiger partial charge is 0.251 e. The highest BCUT2D eigenvalue weighted by molar-refractivity contribution is 9.10. The van der Waals surface area contributed by atoms with E-state index in [0.717, 1.165) is 11.3 Å². The Morgan fingerprint density at radius 1 is 1.45 bits per heavy atom. The maximum absolute atomic E-state index is 12.2. The van der Waals surface area contributed by atoms with Crippen LogP contribution in [0, 0.1) is 13.8 Å². The first-order chi connectivity index (χ1) is 9.40. The fourth-order valence-corrected chi connectivity index (χ4v) is 2.51. The predicted octanol–water partition coefficient (Wildman–Crippen LogP) is 3.13. The Hall–Kier alpha value is -1.82. The van der Waals surface area contributed by atoms with E-state index < -0.39 is 0 Å². The monoisotopic (exact) mass is 337 g/mol. The van der Waals surface area contributed by atoms with Crippen molar-refractivity contribution in [2.24, 2.45) is 0 Å². The Morgan fingerprint density at radius 3 is 2.70 bits per heavy atom. The lowest BCUT2D eigenvalue weighted by molar-refractivity contribution is 0.0939. The van der Waals surface area contributed by atoms with Crippen molar-refractivity contribution in [3.05, 3.63) is 45.3 Å². The van der Waals surface area contributed by atoms with Gasteiger partial charge in [0.1, 0.15) is 5.76 Å². The predicted molar refractivity (Wildman–Crippen MR) is 80.4 cm³/mol. The number of halogens is 1. The molecule has 20 heavy (non-hydrogen) atoms. The summed E-state index contributed by atoms with van der Waals surface area (Å²) in [5, 5.41) is 6.82. The van der Waals surface area contributed by atoms with Gasteiger partial charge in [0, 0.05) is 21.3 Å². The average Bonchev–Trinajstić information content (AvgIpc) is 2.72. The number of aryl methyl sites for hydroxylation is 2. The zero-order valence-electron chi connectivity index (χ0n) is 11.5. The number of nitrogen functional groups attached to an aromatic ring is 1. The lowest BCUT2D eigenvalue weighted by Crippen LogP contribution is -2.27. The zero-order chi connectivity index (χ0) is 14.9. The van der Waals surface area contributed by atoms with E-state index in [-0.39, 0.29) is 11.9 Å². The fourth-order valence-electron chi connectivity index (χ4n) is 2.13. The van der Waals surface area contributed by atoms with Crippen LogP contribution in [0.25, 0.3) is 0 Å². The number of benzene rings is 1. The van der Waals surface area contributed by atoms with Gasteiger partial charge in [-0.1, -0.05) is 5.16 Å². The van der Waals surface area contributed by atoms with Gasteiger partial charge in [-0.25, -0.2) is 0 Å². The molecule has 106 valence electrons. The molecule has 0 saturated heterocycles. The molecule has 1 aromatic heterocycles. The van der Waals surface area contributed by atoms with Crippen LogP contribution in [0.3, 0.4) is 0 Å². The topological polar surface area (TPSA) is 81.2 Å². The summed E-state index contributed by atoms with van der Waals surface area (Å²) in [5.41, 5.74) is 8.55. The van der Waals surface area contributed by atoms with Gasteiger partial charge >= 0.3 is 0 Å². The zero-order valence-corrected chi connectivity index (χ0v) is 13.1. The van der Waals surface area contributed by atoms with Crippen molar-refractivity contribution in [3.63, 3.8) is 0 Å². The second kappa shape index (κ2) is 5.66. The lowest BCUT2D eigenvalue weighted by atomic mass is 10.1. The van der Waals surface area contributed by atoms with Crippen molar-refractivity contribution >= 4 is 27.5 Å². The third-order valence-corrected chi connectivity index (χ3v) is 3.82. The molecule has 0 aliphatic rings. The molecule has 5 nitrogen and oxygen atoms in total. The molecule has 1 atom stereocenters. The van der Waals surface area contributed by atoms with Gasteiger partial charge in [-0.3, -0.25) is 4.79 Å². The van der Waals surface area contributed by atoms with E-state index in [1.165, 1.54) is 0 Å². The lowest BCUT2D eigenvalue weighted by Gasteiger charge is -2.14. The number of amides is 1. The molecule has 1 aromatic carbocycles. The van der Waals surface area contributed by atoms with Gasteiger partial charge in [0.25, 0.3) is 5.91 Å². The molecule has 0 saturated carbocycles. The Balaban J connectivity index is 2.17. The summed E-state index contributed by atoms with van der Waals surface area (Å²) in [7, 11) is 0. The Kier molecular flexibility index (Phi) is 4.13. The van der Waals surface area contributed by atoms with Crippen LogP contribution in [-0.2, 0) is 0 Å². The van der Waals surface area contributed by atoms with Gasteiger partial charge in [0.2, 0.25) is 0 Å². The van der Waals surface area contributed by atoms with Gasteiger partial charge in [0.15, 0.2) is 0 Å². The van der Waals surface area contributed by atoms with Gasteiger partial charge in [0.05, 0.1) is 11.7 Å². The molecule has 3 N–H and O–H groups in total. The van der Waals surface area contributed by atoms with Crippen LogP contribution in [0.4, 0.5) is 5.69 Å². The summed E-state index contributed by atoms with van der Waals surface area (Å²) in [4.78, 5) is 12.2. The minimum absolute atomic E-state index is 0.168. The quantitative estimate of drug-likeness (QED) is 0.843. The Bertz CT molecular complexity index is 632. The first kappa shape index (κ1) is 14.6. The molecule has 0 radical (unpaired) electrons. The van der Waals surface area contributed by atoms with Crippen molar-refractivity contribution in [2.45, 2.75) is 26.8 Å². The molecular formula is C14H16BrN3O2. The van der Waals surface area contributed by atoms with Crippen LogP contribution in [0.15, 0.2) is 27.2 Å². The van der Waals surface area contributed by atoms with Crippen molar-refractivity contribution in [1.29, 1.82) is 0 Å². The van der Waals surface area contributed by atoms with Gasteiger partial charge in [-0.05, 0) is 54.9 Å². The fraction of sp³-hybridized carbons (Fsp3) is 0.286. The average molecular weight is 338 g/mol. The number of nitrogens with zero attached hydrogens (tertiary/aromatic N) is 1. The first-order valence-electron chi connectivity index (χ1n) is 6.18. The highest BCUT2D eigenvalue weighted by Gasteiger charge is 2.19. The van der Waals surface area contributed by atoms with Crippen LogP contribution in [-0.4, -0.2) is 11.1 Å². The molecule has 6 heteroatoms. The number of hydrogen-bond donors (Lipinski definition) is 2. The Morgan fingerprint density at radius 2 is 2.15 bits per heavy atom. The minimum Gasteiger partial charge on any atom is -0.398 e. The van der Waals surface area contributed by atoms with E-state index in [1.54, 1.807) is 18.2 Å². The van der Waals surface area contributed by atoms with Gasteiger partial charge in [-0.2, -0.15) is 0 Å². The van der Waals surface area contributed by atoms with E-state index in [4.69, 9.17) is 10.3 Å². The summed E-state index contributed by atoms with van der Waals surface area (Å²) < 4.78 is 5.82. The van der Waals surface area contributed by atoms with Crippen molar-refractivity contribution in [2.75, 3.05) is 5.73 Å². The van der Waals surface area contributed by atoms with E-state index in [2.05, 4.69) is 26.4 Å². The molecule has 1 unspecified atom stereocenters. The number of nitrogens with two attached hydrogens (primary N) is 1. The molecule has 0 aliphatic heterocycles. The largest absolute Gasteiger partial charge is 0.398 e. The van der Waals surface area contributed by atoms with Crippen LogP contribution in [0.5, 0.6) is 0 Å². The number of aromatic nitrogens is 1. The van der Waals surface area contributed by atoms with Crippen molar-refractivity contribution in [1.82, 2.24) is 10.5 Å². The second-order valence-corrected chi connectivity index (χ2v) is 5.52. The number of hydrogen-bond acceptors (Lipinski definition) is 4. The maximum atomic E-state index is 12.2. The molecule has 0 spiro atoms. The van der Waals surface area contributed by atoms with Crippen LogP contribution in [0.2, 0.25) is 0 Å². The van der Waals surface area contributed by atoms with Crippen LogP contribution in [0.1, 0.15) is 40.3 Å². The highest BCUT2D eigenvalue weighted by Crippen LogP contribution is 2.23. The number of anilines is 1. The SMILES string of the molecule is Cc1noc(C)c1C(C)NC(=O)c1ccc(N)c(Br)c1. The number of carbonyl (C=O) groups is 1. The number of nitrogens with one attached hydrogen (secondary N) is 1. The van der Waals surface area contributed by atoms with Crippen molar-refractivity contribution in [3.8, 4) is 0 Å². The molecule has 0 bridgehead atoms. The standard InChI is InChI=1S/C14H16BrN3O2/c1-7(13-8(2)18-20-9(13)3)17-14(19)10-4-5-12(16)11(15)6-10/h4-7H,16H2,1-3H3,(H,17,19). The van der Waals surface area contributed by atoms with E-state index in [9.17, 15) is 4.79 Å². The second-order valence-electron chi connectivity index (χ2n) is 4.67. The number of rotatable bonds is 3. The summed E-state index contributed by atoms with van der Waals surface area (Å²) in [6, 6.07) is 4.91.